The Morgan fingerprint density at radius 2 is 1.93 bits per heavy atom. The van der Waals surface area contributed by atoms with Gasteiger partial charge < -0.3 is 9.64 Å². The molecule has 0 N–H and O–H groups in total. The van der Waals surface area contributed by atoms with Crippen molar-refractivity contribution in [2.45, 2.75) is 12.6 Å². The second kappa shape index (κ2) is 8.21. The quantitative estimate of drug-likeness (QED) is 0.691. The average Bonchev–Trinajstić information content (AvgIpc) is 3.08. The van der Waals surface area contributed by atoms with E-state index in [1.54, 1.807) is 7.11 Å². The zero-order valence-corrected chi connectivity index (χ0v) is 16.6. The number of rotatable bonds is 6. The van der Waals surface area contributed by atoms with Gasteiger partial charge in [0.25, 0.3) is 0 Å². The molecule has 3 rings (SSSR count). The number of hydrogen-bond acceptors (Lipinski definition) is 7. The summed E-state index contributed by atoms with van der Waals surface area (Å²) in [4.78, 5) is 6.32. The van der Waals surface area contributed by atoms with Crippen LogP contribution in [0.1, 0.15) is 11.4 Å². The molecule has 7 nitrogen and oxygen atoms in total. The minimum absolute atomic E-state index is 0.0107. The molecule has 1 aliphatic heterocycles. The molecule has 0 amide bonds. The standard InChI is InChI=1S/C16H19F3N4O3S2/c1-26-13-4-2-3-12(9-13)10-14-20-15(27-21-14)22-5-7-23(8-6-22)28(24,25)11-16(17,18)19/h2-4,9H,5-8,10-11H2,1H3. The first kappa shape index (κ1) is 20.8. The van der Waals surface area contributed by atoms with Gasteiger partial charge in [0.1, 0.15) is 11.6 Å². The highest BCUT2D eigenvalue weighted by atomic mass is 32.2. The molecule has 1 aliphatic rings. The summed E-state index contributed by atoms with van der Waals surface area (Å²) in [5.74, 6) is -0.465. The van der Waals surface area contributed by atoms with Crippen LogP contribution in [0.4, 0.5) is 18.3 Å². The summed E-state index contributed by atoms with van der Waals surface area (Å²) in [7, 11) is -2.76. The lowest BCUT2D eigenvalue weighted by molar-refractivity contribution is -0.107. The van der Waals surface area contributed by atoms with Gasteiger partial charge in [-0.05, 0) is 17.7 Å². The number of anilines is 1. The Kier molecular flexibility index (Phi) is 6.10. The number of piperazine rings is 1. The summed E-state index contributed by atoms with van der Waals surface area (Å²) in [5.41, 5.74) is 0.992. The molecular formula is C16H19F3N4O3S2. The van der Waals surface area contributed by atoms with Gasteiger partial charge in [-0.25, -0.2) is 13.4 Å². The third-order valence-electron chi connectivity index (χ3n) is 4.20. The van der Waals surface area contributed by atoms with Gasteiger partial charge in [-0.1, -0.05) is 12.1 Å². The largest absolute Gasteiger partial charge is 0.497 e. The fraction of sp³-hybridized carbons (Fsp3) is 0.500. The molecule has 0 saturated carbocycles. The van der Waals surface area contributed by atoms with Crippen molar-refractivity contribution in [1.82, 2.24) is 13.7 Å². The lowest BCUT2D eigenvalue weighted by atomic mass is 10.1. The number of aromatic nitrogens is 2. The molecule has 1 saturated heterocycles. The molecule has 0 unspecified atom stereocenters. The van der Waals surface area contributed by atoms with E-state index in [4.69, 9.17) is 4.74 Å². The molecule has 154 valence electrons. The summed E-state index contributed by atoms with van der Waals surface area (Å²) >= 11 is 1.19. The van der Waals surface area contributed by atoms with Gasteiger partial charge in [-0.15, -0.1) is 0 Å². The Morgan fingerprint density at radius 3 is 2.57 bits per heavy atom. The highest BCUT2D eigenvalue weighted by molar-refractivity contribution is 7.89. The van der Waals surface area contributed by atoms with E-state index in [-0.39, 0.29) is 26.2 Å². The third-order valence-corrected chi connectivity index (χ3v) is 6.86. The Morgan fingerprint density at radius 1 is 1.21 bits per heavy atom. The average molecular weight is 436 g/mol. The van der Waals surface area contributed by atoms with Gasteiger partial charge in [-0.3, -0.25) is 0 Å². The van der Waals surface area contributed by atoms with Crippen molar-refractivity contribution in [2.24, 2.45) is 0 Å². The summed E-state index contributed by atoms with van der Waals surface area (Å²) < 4.78 is 71.4. The normalized spacial score (nSPS) is 16.4. The van der Waals surface area contributed by atoms with Crippen LogP contribution < -0.4 is 9.64 Å². The molecule has 1 fully saturated rings. The van der Waals surface area contributed by atoms with Gasteiger partial charge in [0.2, 0.25) is 15.2 Å². The van der Waals surface area contributed by atoms with Crippen molar-refractivity contribution >= 4 is 26.7 Å². The van der Waals surface area contributed by atoms with Crippen LogP contribution >= 0.6 is 11.5 Å². The summed E-state index contributed by atoms with van der Waals surface area (Å²) in [6, 6.07) is 7.55. The van der Waals surface area contributed by atoms with E-state index in [2.05, 4.69) is 9.36 Å². The second-order valence-electron chi connectivity index (χ2n) is 6.28. The molecule has 0 radical (unpaired) electrons. The molecule has 0 atom stereocenters. The lowest BCUT2D eigenvalue weighted by Gasteiger charge is -2.33. The van der Waals surface area contributed by atoms with Crippen LogP contribution in [0.3, 0.4) is 0 Å². The Bertz CT molecular complexity index is 910. The van der Waals surface area contributed by atoms with Crippen LogP contribution in [-0.4, -0.2) is 67.3 Å². The minimum atomic E-state index is -4.75. The fourth-order valence-electron chi connectivity index (χ4n) is 2.87. The van der Waals surface area contributed by atoms with Crippen LogP contribution in [0.5, 0.6) is 5.75 Å². The number of ether oxygens (including phenoxy) is 1. The lowest BCUT2D eigenvalue weighted by Crippen LogP contribution is -2.50. The van der Waals surface area contributed by atoms with Crippen LogP contribution in [-0.2, 0) is 16.4 Å². The van der Waals surface area contributed by atoms with E-state index < -0.39 is 22.0 Å². The highest BCUT2D eigenvalue weighted by Gasteiger charge is 2.39. The predicted molar refractivity (Wildman–Crippen MR) is 99.3 cm³/mol. The van der Waals surface area contributed by atoms with E-state index in [9.17, 15) is 21.6 Å². The van der Waals surface area contributed by atoms with Gasteiger partial charge in [0, 0.05) is 44.1 Å². The van der Waals surface area contributed by atoms with Crippen molar-refractivity contribution in [3.63, 3.8) is 0 Å². The molecule has 2 heterocycles. The predicted octanol–water partition coefficient (Wildman–Crippen LogP) is 2.15. The number of methoxy groups -OCH3 is 1. The first-order valence-corrected chi connectivity index (χ1v) is 10.8. The van der Waals surface area contributed by atoms with Gasteiger partial charge in [0.05, 0.1) is 7.11 Å². The Hall–Kier alpha value is -1.92. The zero-order valence-electron chi connectivity index (χ0n) is 15.0. The van der Waals surface area contributed by atoms with E-state index >= 15 is 0 Å². The van der Waals surface area contributed by atoms with Crippen molar-refractivity contribution in [2.75, 3.05) is 43.9 Å². The molecule has 12 heteroatoms. The molecular weight excluding hydrogens is 417 g/mol. The topological polar surface area (TPSA) is 75.6 Å². The number of sulfonamides is 1. The molecule has 0 bridgehead atoms. The Labute approximate surface area is 165 Å². The van der Waals surface area contributed by atoms with Gasteiger partial charge in [-0.2, -0.15) is 21.9 Å². The molecule has 0 aliphatic carbocycles. The minimum Gasteiger partial charge on any atom is -0.497 e. The molecule has 28 heavy (non-hydrogen) atoms. The molecule has 2 aromatic rings. The summed E-state index contributed by atoms with van der Waals surface area (Å²) in [6.07, 6.45) is -4.22. The monoisotopic (exact) mass is 436 g/mol. The van der Waals surface area contributed by atoms with E-state index in [0.29, 0.717) is 17.4 Å². The summed E-state index contributed by atoms with van der Waals surface area (Å²) in [6.45, 7) is 0.516. The van der Waals surface area contributed by atoms with Crippen LogP contribution in [0, 0.1) is 0 Å². The molecule has 1 aromatic heterocycles. The molecule has 0 spiro atoms. The van der Waals surface area contributed by atoms with Crippen LogP contribution in [0.25, 0.3) is 0 Å². The zero-order chi connectivity index (χ0) is 20.4. The Balaban J connectivity index is 1.59. The maximum Gasteiger partial charge on any atom is 0.404 e. The number of halogens is 3. The third kappa shape index (κ3) is 5.32. The van der Waals surface area contributed by atoms with Gasteiger partial charge in [0.15, 0.2) is 5.75 Å². The van der Waals surface area contributed by atoms with E-state index in [0.717, 1.165) is 15.6 Å². The number of hydrogen-bond donors (Lipinski definition) is 0. The number of benzene rings is 1. The first-order valence-electron chi connectivity index (χ1n) is 8.41. The smallest absolute Gasteiger partial charge is 0.404 e. The molecule has 1 aromatic carbocycles. The number of nitrogens with zero attached hydrogens (tertiary/aromatic N) is 4. The van der Waals surface area contributed by atoms with E-state index in [1.807, 2.05) is 29.2 Å². The van der Waals surface area contributed by atoms with Crippen molar-refractivity contribution in [3.8, 4) is 5.75 Å². The highest BCUT2D eigenvalue weighted by Crippen LogP contribution is 2.24. The van der Waals surface area contributed by atoms with E-state index in [1.165, 1.54) is 11.5 Å². The van der Waals surface area contributed by atoms with Crippen molar-refractivity contribution in [3.05, 3.63) is 35.7 Å². The van der Waals surface area contributed by atoms with Crippen molar-refractivity contribution < 1.29 is 26.3 Å². The summed E-state index contributed by atoms with van der Waals surface area (Å²) in [5, 5.41) is 0.630. The van der Waals surface area contributed by atoms with Crippen LogP contribution in [0.2, 0.25) is 0 Å². The van der Waals surface area contributed by atoms with Gasteiger partial charge >= 0.3 is 6.18 Å². The maximum absolute atomic E-state index is 12.4. The fourth-order valence-corrected chi connectivity index (χ4v) is 4.92. The van der Waals surface area contributed by atoms with Crippen molar-refractivity contribution in [1.29, 1.82) is 0 Å². The first-order chi connectivity index (χ1) is 13.2. The maximum atomic E-state index is 12.4. The SMILES string of the molecule is COc1cccc(Cc2nsc(N3CCN(S(=O)(=O)CC(F)(F)F)CC3)n2)c1. The second-order valence-corrected chi connectivity index (χ2v) is 8.98. The van der Waals surface area contributed by atoms with Crippen LogP contribution in [0.15, 0.2) is 24.3 Å². The number of alkyl halides is 3.